The van der Waals surface area contributed by atoms with E-state index in [0.717, 1.165) is 10.2 Å². The zero-order valence-corrected chi connectivity index (χ0v) is 10.7. The van der Waals surface area contributed by atoms with E-state index in [1.165, 1.54) is 18.4 Å². The van der Waals surface area contributed by atoms with Crippen molar-refractivity contribution in [2.24, 2.45) is 11.1 Å². The van der Waals surface area contributed by atoms with Gasteiger partial charge in [0.1, 0.15) is 5.75 Å². The first-order chi connectivity index (χ1) is 7.07. The van der Waals surface area contributed by atoms with Gasteiger partial charge in [0.2, 0.25) is 0 Å². The number of hydrogen-bond donors (Lipinski definition) is 1. The minimum atomic E-state index is 0.139. The Hall–Kier alpha value is -0.540. The highest BCUT2D eigenvalue weighted by Gasteiger charge is 2.43. The van der Waals surface area contributed by atoms with Gasteiger partial charge in [-0.2, -0.15) is 0 Å². The molecule has 0 amide bonds. The summed E-state index contributed by atoms with van der Waals surface area (Å²) in [5.74, 6) is 0.854. The van der Waals surface area contributed by atoms with Gasteiger partial charge in [0.05, 0.1) is 11.6 Å². The molecule has 82 valence electrons. The number of nitrogens with two attached hydrogens (primary N) is 1. The molecule has 1 aliphatic carbocycles. The van der Waals surface area contributed by atoms with Crippen LogP contribution in [0, 0.1) is 5.41 Å². The maximum Gasteiger partial charge on any atom is 0.133 e. The molecule has 1 aliphatic rings. The van der Waals surface area contributed by atoms with Gasteiger partial charge in [-0.15, -0.1) is 0 Å². The minimum Gasteiger partial charge on any atom is -0.496 e. The maximum atomic E-state index is 6.23. The van der Waals surface area contributed by atoms with Crippen LogP contribution in [0.1, 0.15) is 31.4 Å². The highest BCUT2D eigenvalue weighted by atomic mass is 79.9. The van der Waals surface area contributed by atoms with Gasteiger partial charge in [0, 0.05) is 6.04 Å². The van der Waals surface area contributed by atoms with E-state index >= 15 is 0 Å². The van der Waals surface area contributed by atoms with Crippen LogP contribution >= 0.6 is 15.9 Å². The highest BCUT2D eigenvalue weighted by Crippen LogP contribution is 2.53. The summed E-state index contributed by atoms with van der Waals surface area (Å²) in [6, 6.07) is 6.22. The summed E-state index contributed by atoms with van der Waals surface area (Å²) in [6.07, 6.45) is 2.47. The van der Waals surface area contributed by atoms with Crippen molar-refractivity contribution in [3.63, 3.8) is 0 Å². The average molecular weight is 270 g/mol. The summed E-state index contributed by atoms with van der Waals surface area (Å²) in [7, 11) is 1.67. The van der Waals surface area contributed by atoms with Gasteiger partial charge in [-0.25, -0.2) is 0 Å². The first-order valence-electron chi connectivity index (χ1n) is 5.16. The number of hydrogen-bond acceptors (Lipinski definition) is 2. The van der Waals surface area contributed by atoms with Crippen molar-refractivity contribution in [2.75, 3.05) is 7.11 Å². The van der Waals surface area contributed by atoms with E-state index in [0.29, 0.717) is 5.41 Å². The topological polar surface area (TPSA) is 35.2 Å². The van der Waals surface area contributed by atoms with Crippen LogP contribution in [-0.4, -0.2) is 7.11 Å². The first kappa shape index (κ1) is 11.0. The Morgan fingerprint density at radius 2 is 2.13 bits per heavy atom. The fourth-order valence-electron chi connectivity index (χ4n) is 1.79. The third kappa shape index (κ3) is 2.04. The molecule has 3 heteroatoms. The SMILES string of the molecule is COc1ccc(C(N)C2(C)CC2)cc1Br. The Kier molecular flexibility index (Phi) is 2.77. The molecular formula is C12H16BrNO. The second-order valence-electron chi connectivity index (χ2n) is 4.53. The number of methoxy groups -OCH3 is 1. The fourth-order valence-corrected chi connectivity index (χ4v) is 2.34. The van der Waals surface area contributed by atoms with Gasteiger partial charge >= 0.3 is 0 Å². The molecule has 0 spiro atoms. The Labute approximate surface area is 98.9 Å². The molecule has 2 N–H and O–H groups in total. The summed E-state index contributed by atoms with van der Waals surface area (Å²) < 4.78 is 6.17. The third-order valence-corrected chi connectivity index (χ3v) is 3.94. The summed E-state index contributed by atoms with van der Waals surface area (Å²) in [6.45, 7) is 2.25. The lowest BCUT2D eigenvalue weighted by atomic mass is 9.93. The largest absolute Gasteiger partial charge is 0.496 e. The molecule has 1 aromatic rings. The number of rotatable bonds is 3. The zero-order chi connectivity index (χ0) is 11.1. The lowest BCUT2D eigenvalue weighted by Gasteiger charge is -2.19. The second kappa shape index (κ2) is 3.80. The van der Waals surface area contributed by atoms with Crippen molar-refractivity contribution in [3.8, 4) is 5.75 Å². The average Bonchev–Trinajstić information content (AvgIpc) is 2.96. The molecular weight excluding hydrogens is 254 g/mol. The molecule has 1 aromatic carbocycles. The van der Waals surface area contributed by atoms with Crippen LogP contribution in [-0.2, 0) is 0 Å². The van der Waals surface area contributed by atoms with E-state index in [-0.39, 0.29) is 6.04 Å². The van der Waals surface area contributed by atoms with Crippen LogP contribution in [0.4, 0.5) is 0 Å². The molecule has 1 saturated carbocycles. The van der Waals surface area contributed by atoms with Crippen molar-refractivity contribution in [1.82, 2.24) is 0 Å². The van der Waals surface area contributed by atoms with Crippen molar-refractivity contribution in [2.45, 2.75) is 25.8 Å². The standard InChI is InChI=1S/C12H16BrNO/c1-12(5-6-12)11(14)8-3-4-10(15-2)9(13)7-8/h3-4,7,11H,5-6,14H2,1-2H3. The van der Waals surface area contributed by atoms with E-state index in [4.69, 9.17) is 10.5 Å². The summed E-state index contributed by atoms with van der Waals surface area (Å²) in [5, 5.41) is 0. The van der Waals surface area contributed by atoms with Crippen LogP contribution in [0.25, 0.3) is 0 Å². The number of benzene rings is 1. The van der Waals surface area contributed by atoms with Gasteiger partial charge in [0.25, 0.3) is 0 Å². The normalized spacial score (nSPS) is 19.7. The molecule has 2 nitrogen and oxygen atoms in total. The monoisotopic (exact) mass is 269 g/mol. The van der Waals surface area contributed by atoms with E-state index in [9.17, 15) is 0 Å². The lowest BCUT2D eigenvalue weighted by molar-refractivity contribution is 0.410. The van der Waals surface area contributed by atoms with E-state index in [2.05, 4.69) is 35.0 Å². The van der Waals surface area contributed by atoms with Crippen molar-refractivity contribution >= 4 is 15.9 Å². The minimum absolute atomic E-state index is 0.139. The van der Waals surface area contributed by atoms with Gasteiger partial charge in [-0.05, 0) is 51.9 Å². The van der Waals surface area contributed by atoms with E-state index in [1.54, 1.807) is 7.11 Å². The van der Waals surface area contributed by atoms with Crippen molar-refractivity contribution < 1.29 is 4.74 Å². The molecule has 15 heavy (non-hydrogen) atoms. The predicted octanol–water partition coefficient (Wildman–Crippen LogP) is 3.26. The number of halogens is 1. The van der Waals surface area contributed by atoms with Crippen molar-refractivity contribution in [3.05, 3.63) is 28.2 Å². The van der Waals surface area contributed by atoms with Gasteiger partial charge in [-0.3, -0.25) is 0 Å². The van der Waals surface area contributed by atoms with Gasteiger partial charge in [-0.1, -0.05) is 13.0 Å². The van der Waals surface area contributed by atoms with Crippen LogP contribution in [0.5, 0.6) is 5.75 Å². The predicted molar refractivity (Wildman–Crippen MR) is 65.0 cm³/mol. The van der Waals surface area contributed by atoms with Gasteiger partial charge in [0.15, 0.2) is 0 Å². The Balaban J connectivity index is 2.26. The quantitative estimate of drug-likeness (QED) is 0.915. The van der Waals surface area contributed by atoms with Crippen molar-refractivity contribution in [1.29, 1.82) is 0 Å². The van der Waals surface area contributed by atoms with E-state index < -0.39 is 0 Å². The fraction of sp³-hybridized carbons (Fsp3) is 0.500. The molecule has 0 heterocycles. The molecule has 1 fully saturated rings. The molecule has 1 atom stereocenters. The highest BCUT2D eigenvalue weighted by molar-refractivity contribution is 9.10. The first-order valence-corrected chi connectivity index (χ1v) is 5.95. The van der Waals surface area contributed by atoms with Gasteiger partial charge < -0.3 is 10.5 Å². The Bertz CT molecular complexity index is 374. The number of ether oxygens (including phenoxy) is 1. The second-order valence-corrected chi connectivity index (χ2v) is 5.38. The van der Waals surface area contributed by atoms with Crippen LogP contribution in [0.2, 0.25) is 0 Å². The molecule has 1 unspecified atom stereocenters. The zero-order valence-electron chi connectivity index (χ0n) is 9.09. The molecule has 0 aliphatic heterocycles. The third-order valence-electron chi connectivity index (χ3n) is 3.32. The molecule has 2 rings (SSSR count). The molecule has 0 bridgehead atoms. The molecule has 0 radical (unpaired) electrons. The smallest absolute Gasteiger partial charge is 0.133 e. The maximum absolute atomic E-state index is 6.23. The van der Waals surface area contributed by atoms with Crippen LogP contribution < -0.4 is 10.5 Å². The summed E-state index contributed by atoms with van der Waals surface area (Å²) >= 11 is 3.48. The molecule has 0 aromatic heterocycles. The summed E-state index contributed by atoms with van der Waals surface area (Å²) in [5.41, 5.74) is 7.73. The van der Waals surface area contributed by atoms with Crippen LogP contribution in [0.3, 0.4) is 0 Å². The Morgan fingerprint density at radius 3 is 2.60 bits per heavy atom. The van der Waals surface area contributed by atoms with Crippen LogP contribution in [0.15, 0.2) is 22.7 Å². The van der Waals surface area contributed by atoms with E-state index in [1.807, 2.05) is 6.07 Å². The summed E-state index contributed by atoms with van der Waals surface area (Å²) in [4.78, 5) is 0. The molecule has 0 saturated heterocycles. The lowest BCUT2D eigenvalue weighted by Crippen LogP contribution is -2.20. The Morgan fingerprint density at radius 1 is 1.47 bits per heavy atom.